The third-order valence-electron chi connectivity index (χ3n) is 4.66. The van der Waals surface area contributed by atoms with Gasteiger partial charge in [0.15, 0.2) is 11.6 Å². The second-order valence-corrected chi connectivity index (χ2v) is 8.18. The molecule has 0 aromatic heterocycles. The van der Waals surface area contributed by atoms with E-state index >= 15 is 0 Å². The molecule has 0 aliphatic carbocycles. The normalized spacial score (nSPS) is 22.3. The number of aliphatic hydroxyl groups is 1. The standard InChI is InChI=1S/C20H18Br2O4/c21-15-5-1-12(2-6-15)17(24)9-14-11-26-18(10-23)19(14)20(25)13-3-7-16(22)8-4-13/h1-8,14,18-19,23H,9-11H2/t14-,18+,19-/m1/s1. The van der Waals surface area contributed by atoms with Crippen LogP contribution in [0.25, 0.3) is 0 Å². The maximum absolute atomic E-state index is 13.0. The van der Waals surface area contributed by atoms with Gasteiger partial charge in [-0.25, -0.2) is 0 Å². The number of carbonyl (C=O) groups is 2. The lowest BCUT2D eigenvalue weighted by Crippen LogP contribution is -2.32. The Hall–Kier alpha value is -1.34. The van der Waals surface area contributed by atoms with Gasteiger partial charge in [0.1, 0.15) is 0 Å². The van der Waals surface area contributed by atoms with Crippen molar-refractivity contribution in [2.24, 2.45) is 11.8 Å². The molecule has 1 heterocycles. The number of aliphatic hydroxyl groups excluding tert-OH is 1. The van der Waals surface area contributed by atoms with Crippen LogP contribution >= 0.6 is 31.9 Å². The van der Waals surface area contributed by atoms with Gasteiger partial charge < -0.3 is 9.84 Å². The second-order valence-electron chi connectivity index (χ2n) is 6.35. The van der Waals surface area contributed by atoms with E-state index in [0.29, 0.717) is 17.7 Å². The van der Waals surface area contributed by atoms with Gasteiger partial charge in [-0.1, -0.05) is 56.1 Å². The molecule has 3 rings (SSSR count). The SMILES string of the molecule is O=C(C[C@@H]1CO[C@@H](CO)[C@@H]1C(=O)c1ccc(Br)cc1)c1ccc(Br)cc1. The predicted molar refractivity (Wildman–Crippen MR) is 105 cm³/mol. The first kappa shape index (κ1) is 19.4. The number of hydrogen-bond acceptors (Lipinski definition) is 4. The van der Waals surface area contributed by atoms with Gasteiger partial charge >= 0.3 is 0 Å². The molecule has 0 saturated carbocycles. The number of benzene rings is 2. The largest absolute Gasteiger partial charge is 0.394 e. The summed E-state index contributed by atoms with van der Waals surface area (Å²) in [6, 6.07) is 14.3. The molecule has 1 N–H and O–H groups in total. The molecule has 136 valence electrons. The number of ketones is 2. The van der Waals surface area contributed by atoms with Crippen LogP contribution in [0.3, 0.4) is 0 Å². The maximum atomic E-state index is 13.0. The van der Waals surface area contributed by atoms with Crippen LogP contribution in [0.15, 0.2) is 57.5 Å². The highest BCUT2D eigenvalue weighted by Crippen LogP contribution is 2.33. The average Bonchev–Trinajstić information content (AvgIpc) is 3.04. The molecule has 2 aromatic carbocycles. The van der Waals surface area contributed by atoms with E-state index in [9.17, 15) is 14.7 Å². The van der Waals surface area contributed by atoms with Crippen LogP contribution in [-0.4, -0.2) is 36.0 Å². The number of carbonyl (C=O) groups excluding carboxylic acids is 2. The van der Waals surface area contributed by atoms with E-state index in [1.54, 1.807) is 36.4 Å². The summed E-state index contributed by atoms with van der Waals surface area (Å²) in [4.78, 5) is 25.6. The fourth-order valence-electron chi connectivity index (χ4n) is 3.29. The van der Waals surface area contributed by atoms with Crippen LogP contribution < -0.4 is 0 Å². The van der Waals surface area contributed by atoms with Crippen LogP contribution in [-0.2, 0) is 4.74 Å². The Morgan fingerprint density at radius 1 is 0.962 bits per heavy atom. The lowest BCUT2D eigenvalue weighted by atomic mass is 9.81. The highest BCUT2D eigenvalue weighted by Gasteiger charge is 2.42. The maximum Gasteiger partial charge on any atom is 0.169 e. The van der Waals surface area contributed by atoms with Gasteiger partial charge in [-0.3, -0.25) is 9.59 Å². The smallest absolute Gasteiger partial charge is 0.169 e. The molecular formula is C20H18Br2O4. The first-order valence-electron chi connectivity index (χ1n) is 8.30. The van der Waals surface area contributed by atoms with Crippen molar-refractivity contribution in [1.29, 1.82) is 0 Å². The zero-order chi connectivity index (χ0) is 18.7. The molecule has 1 fully saturated rings. The number of rotatable bonds is 6. The Morgan fingerprint density at radius 3 is 2.04 bits per heavy atom. The summed E-state index contributed by atoms with van der Waals surface area (Å²) in [5, 5.41) is 9.60. The molecule has 0 radical (unpaired) electrons. The zero-order valence-electron chi connectivity index (χ0n) is 13.9. The number of halogens is 2. The van der Waals surface area contributed by atoms with Crippen molar-refractivity contribution in [3.8, 4) is 0 Å². The first-order chi connectivity index (χ1) is 12.5. The Bertz CT molecular complexity index is 786. The molecule has 0 amide bonds. The molecule has 4 nitrogen and oxygen atoms in total. The van der Waals surface area contributed by atoms with Gasteiger partial charge in [0.2, 0.25) is 0 Å². The van der Waals surface area contributed by atoms with Gasteiger partial charge in [0.05, 0.1) is 25.2 Å². The third-order valence-corrected chi connectivity index (χ3v) is 5.72. The summed E-state index contributed by atoms with van der Waals surface area (Å²) in [5.74, 6) is -0.902. The lowest BCUT2D eigenvalue weighted by Gasteiger charge is -2.20. The number of ether oxygens (including phenoxy) is 1. The van der Waals surface area contributed by atoms with Crippen LogP contribution in [0.5, 0.6) is 0 Å². The Morgan fingerprint density at radius 2 is 1.50 bits per heavy atom. The lowest BCUT2D eigenvalue weighted by molar-refractivity contribution is 0.0374. The minimum absolute atomic E-state index is 0.0294. The van der Waals surface area contributed by atoms with E-state index in [1.807, 2.05) is 12.1 Å². The first-order valence-corrected chi connectivity index (χ1v) is 9.89. The highest BCUT2D eigenvalue weighted by atomic mass is 79.9. The van der Waals surface area contributed by atoms with E-state index in [-0.39, 0.29) is 30.5 Å². The van der Waals surface area contributed by atoms with Crippen LogP contribution in [0, 0.1) is 11.8 Å². The number of Topliss-reactive ketones (excluding diaryl/α,β-unsaturated/α-hetero) is 2. The zero-order valence-corrected chi connectivity index (χ0v) is 17.1. The Kier molecular flexibility index (Phi) is 6.40. The van der Waals surface area contributed by atoms with Crippen LogP contribution in [0.1, 0.15) is 27.1 Å². The second kappa shape index (κ2) is 8.57. The minimum Gasteiger partial charge on any atom is -0.394 e. The van der Waals surface area contributed by atoms with E-state index in [0.717, 1.165) is 8.95 Å². The predicted octanol–water partition coefficient (Wildman–Crippen LogP) is 4.29. The molecule has 6 heteroatoms. The van der Waals surface area contributed by atoms with E-state index in [1.165, 1.54) is 0 Å². The molecule has 0 bridgehead atoms. The van der Waals surface area contributed by atoms with E-state index in [4.69, 9.17) is 4.74 Å². The van der Waals surface area contributed by atoms with E-state index in [2.05, 4.69) is 31.9 Å². The summed E-state index contributed by atoms with van der Waals surface area (Å²) in [6.07, 6.45) is -0.362. The van der Waals surface area contributed by atoms with Crippen molar-refractivity contribution in [3.05, 3.63) is 68.6 Å². The molecular weight excluding hydrogens is 464 g/mol. The van der Waals surface area contributed by atoms with Crippen molar-refractivity contribution >= 4 is 43.4 Å². The van der Waals surface area contributed by atoms with Gasteiger partial charge in [0.25, 0.3) is 0 Å². The molecule has 1 aliphatic rings. The molecule has 26 heavy (non-hydrogen) atoms. The summed E-state index contributed by atoms with van der Waals surface area (Å²) in [7, 11) is 0. The van der Waals surface area contributed by atoms with Crippen molar-refractivity contribution in [1.82, 2.24) is 0 Å². The van der Waals surface area contributed by atoms with Crippen molar-refractivity contribution in [2.45, 2.75) is 12.5 Å². The molecule has 0 spiro atoms. The minimum atomic E-state index is -0.575. The highest BCUT2D eigenvalue weighted by molar-refractivity contribution is 9.10. The number of hydrogen-bond donors (Lipinski definition) is 1. The molecule has 2 aromatic rings. The van der Waals surface area contributed by atoms with E-state index < -0.39 is 12.0 Å². The van der Waals surface area contributed by atoms with Crippen molar-refractivity contribution in [3.63, 3.8) is 0 Å². The molecule has 1 aliphatic heterocycles. The van der Waals surface area contributed by atoms with Gasteiger partial charge in [-0.15, -0.1) is 0 Å². The monoisotopic (exact) mass is 480 g/mol. The Balaban J connectivity index is 1.79. The van der Waals surface area contributed by atoms with Crippen LogP contribution in [0.2, 0.25) is 0 Å². The Labute approximate surface area is 168 Å². The quantitative estimate of drug-likeness (QED) is 0.625. The van der Waals surface area contributed by atoms with Gasteiger partial charge in [-0.05, 0) is 24.3 Å². The fourth-order valence-corrected chi connectivity index (χ4v) is 3.82. The van der Waals surface area contributed by atoms with Gasteiger partial charge in [-0.2, -0.15) is 0 Å². The molecule has 0 unspecified atom stereocenters. The summed E-state index contributed by atoms with van der Waals surface area (Å²) >= 11 is 6.71. The van der Waals surface area contributed by atoms with Crippen LogP contribution in [0.4, 0.5) is 0 Å². The van der Waals surface area contributed by atoms with Gasteiger partial charge in [0, 0.05) is 32.4 Å². The molecule has 1 saturated heterocycles. The fraction of sp³-hybridized carbons (Fsp3) is 0.300. The topological polar surface area (TPSA) is 63.6 Å². The summed E-state index contributed by atoms with van der Waals surface area (Å²) < 4.78 is 7.40. The third kappa shape index (κ3) is 4.31. The van der Waals surface area contributed by atoms with Crippen molar-refractivity contribution in [2.75, 3.05) is 13.2 Å². The van der Waals surface area contributed by atoms with Crippen molar-refractivity contribution < 1.29 is 19.4 Å². The summed E-state index contributed by atoms with van der Waals surface area (Å²) in [6.45, 7) is 0.0519. The molecule has 3 atom stereocenters. The average molecular weight is 482 g/mol. The summed E-state index contributed by atoms with van der Waals surface area (Å²) in [5.41, 5.74) is 1.17.